The molecule has 38 heavy (non-hydrogen) atoms. The van der Waals surface area contributed by atoms with Gasteiger partial charge in [0.05, 0.1) is 16.7 Å². The third-order valence-electron chi connectivity index (χ3n) is 6.88. The van der Waals surface area contributed by atoms with Crippen LogP contribution in [0.1, 0.15) is 0 Å². The molecule has 0 fully saturated rings. The highest BCUT2D eigenvalue weighted by Crippen LogP contribution is 2.40. The van der Waals surface area contributed by atoms with Gasteiger partial charge in [-0.05, 0) is 60.7 Å². The average Bonchev–Trinajstić information content (AvgIpc) is 3.55. The number of benzene rings is 4. The lowest BCUT2D eigenvalue weighted by atomic mass is 10.1. The number of pyridine rings is 1. The van der Waals surface area contributed by atoms with Crippen LogP contribution in [0.3, 0.4) is 0 Å². The second kappa shape index (κ2) is 9.10. The molecule has 0 radical (unpaired) electrons. The summed E-state index contributed by atoms with van der Waals surface area (Å²) in [6.07, 6.45) is 5.86. The molecule has 6 aromatic rings. The van der Waals surface area contributed by atoms with Crippen molar-refractivity contribution in [1.29, 1.82) is 0 Å². The molecule has 0 aliphatic carbocycles. The first-order valence-corrected chi connectivity index (χ1v) is 12.6. The predicted molar refractivity (Wildman–Crippen MR) is 156 cm³/mol. The minimum absolute atomic E-state index is 0.903. The minimum Gasteiger partial charge on any atom is -0.310 e. The maximum absolute atomic E-state index is 4.70. The molecule has 4 aromatic carbocycles. The third-order valence-corrected chi connectivity index (χ3v) is 6.88. The van der Waals surface area contributed by atoms with Gasteiger partial charge in [-0.3, -0.25) is 14.6 Å². The first-order valence-electron chi connectivity index (χ1n) is 12.6. The van der Waals surface area contributed by atoms with Gasteiger partial charge in [0, 0.05) is 53.5 Å². The highest BCUT2D eigenvalue weighted by Gasteiger charge is 2.19. The van der Waals surface area contributed by atoms with E-state index in [1.807, 2.05) is 47.8 Å². The van der Waals surface area contributed by atoms with Gasteiger partial charge < -0.3 is 4.90 Å². The second-order valence-electron chi connectivity index (χ2n) is 9.31. The molecule has 1 aliphatic heterocycles. The molecule has 0 saturated heterocycles. The number of aromatic nitrogens is 2. The van der Waals surface area contributed by atoms with Crippen molar-refractivity contribution < 1.29 is 0 Å². The van der Waals surface area contributed by atoms with E-state index >= 15 is 0 Å². The summed E-state index contributed by atoms with van der Waals surface area (Å²) in [5.41, 5.74) is 9.84. The molecule has 184 valence electrons. The summed E-state index contributed by atoms with van der Waals surface area (Å²) in [6.45, 7) is 0. The molecule has 6 heteroatoms. The summed E-state index contributed by atoms with van der Waals surface area (Å²) in [7, 11) is 1.98. The predicted octanol–water partition coefficient (Wildman–Crippen LogP) is 7.29. The summed E-state index contributed by atoms with van der Waals surface area (Å²) in [4.78, 5) is 7.00. The van der Waals surface area contributed by atoms with E-state index in [2.05, 4.69) is 118 Å². The van der Waals surface area contributed by atoms with E-state index in [0.717, 1.165) is 39.6 Å². The van der Waals surface area contributed by atoms with Crippen LogP contribution < -0.4 is 15.4 Å². The molecule has 0 bridgehead atoms. The van der Waals surface area contributed by atoms with Gasteiger partial charge in [-0.2, -0.15) is 0 Å². The zero-order chi connectivity index (χ0) is 25.5. The number of nitrogens with one attached hydrogen (secondary N) is 1. The number of hydrazine groups is 2. The molecule has 1 N–H and O–H groups in total. The summed E-state index contributed by atoms with van der Waals surface area (Å²) in [5, 5.41) is 6.34. The Balaban J connectivity index is 1.44. The topological polar surface area (TPSA) is 39.6 Å². The van der Waals surface area contributed by atoms with Crippen LogP contribution in [0.15, 0.2) is 134 Å². The lowest BCUT2D eigenvalue weighted by Crippen LogP contribution is -2.36. The number of fused-ring (bicyclic) bond motifs is 3. The fraction of sp³-hybridized carbons (Fsp3) is 0.0312. The van der Waals surface area contributed by atoms with Crippen LogP contribution in [0, 0.1) is 0 Å². The van der Waals surface area contributed by atoms with Gasteiger partial charge in [-0.25, -0.2) is 4.98 Å². The van der Waals surface area contributed by atoms with Crippen LogP contribution in [-0.2, 0) is 0 Å². The Labute approximate surface area is 221 Å². The first-order chi connectivity index (χ1) is 18.8. The molecular weight excluding hydrogens is 468 g/mol. The van der Waals surface area contributed by atoms with Crippen molar-refractivity contribution in [3.63, 3.8) is 0 Å². The summed E-state index contributed by atoms with van der Waals surface area (Å²) in [6, 6.07) is 40.3. The molecule has 0 saturated carbocycles. The quantitative estimate of drug-likeness (QED) is 0.272. The van der Waals surface area contributed by atoms with Crippen molar-refractivity contribution in [2.75, 3.05) is 17.0 Å². The highest BCUT2D eigenvalue weighted by molar-refractivity contribution is 6.10. The first kappa shape index (κ1) is 22.2. The minimum atomic E-state index is 0.903. The van der Waals surface area contributed by atoms with E-state index in [9.17, 15) is 0 Å². The maximum Gasteiger partial charge on any atom is 0.137 e. The van der Waals surface area contributed by atoms with Gasteiger partial charge in [0.2, 0.25) is 0 Å². The SMILES string of the molecule is CN1C=CN(c2cccc(N(c3ccccc3)c3ccc4c5ccccc5n(-c5ccccn5)c4c3)c2)N1. The van der Waals surface area contributed by atoms with E-state index < -0.39 is 0 Å². The zero-order valence-electron chi connectivity index (χ0n) is 20.9. The van der Waals surface area contributed by atoms with E-state index in [-0.39, 0.29) is 0 Å². The number of hydrogen-bond acceptors (Lipinski definition) is 5. The molecule has 7 rings (SSSR count). The highest BCUT2D eigenvalue weighted by atomic mass is 15.8. The smallest absolute Gasteiger partial charge is 0.137 e. The third kappa shape index (κ3) is 3.75. The maximum atomic E-state index is 4.70. The molecular formula is C32H26N6. The van der Waals surface area contributed by atoms with Crippen molar-refractivity contribution in [1.82, 2.24) is 20.1 Å². The molecule has 0 spiro atoms. The Kier molecular flexibility index (Phi) is 5.31. The van der Waals surface area contributed by atoms with E-state index in [0.29, 0.717) is 0 Å². The summed E-state index contributed by atoms with van der Waals surface area (Å²) < 4.78 is 2.25. The second-order valence-corrected chi connectivity index (χ2v) is 9.31. The molecule has 3 heterocycles. The molecule has 0 atom stereocenters. The van der Waals surface area contributed by atoms with Crippen LogP contribution in [0.5, 0.6) is 0 Å². The standard InChI is InChI=1S/C32H26N6/c1-35-20-21-36(34-35)25-12-9-13-26(22-25)37(24-10-3-2-4-11-24)27-17-18-29-28-14-5-6-15-30(28)38(31(29)23-27)32-16-7-8-19-33-32/h2-23,34H,1H3. The van der Waals surface area contributed by atoms with Crippen molar-refractivity contribution in [2.45, 2.75) is 0 Å². The lowest BCUT2D eigenvalue weighted by molar-refractivity contribution is 0.359. The fourth-order valence-electron chi connectivity index (χ4n) is 5.18. The Morgan fingerprint density at radius 3 is 2.21 bits per heavy atom. The number of rotatable bonds is 5. The average molecular weight is 495 g/mol. The Hall–Kier alpha value is -5.07. The van der Waals surface area contributed by atoms with Crippen molar-refractivity contribution >= 4 is 44.6 Å². The lowest BCUT2D eigenvalue weighted by Gasteiger charge is -2.27. The fourth-order valence-corrected chi connectivity index (χ4v) is 5.18. The monoisotopic (exact) mass is 494 g/mol. The zero-order valence-corrected chi connectivity index (χ0v) is 20.9. The van der Waals surface area contributed by atoms with Crippen LogP contribution >= 0.6 is 0 Å². The number of hydrogen-bond donors (Lipinski definition) is 1. The van der Waals surface area contributed by atoms with Gasteiger partial charge in [0.1, 0.15) is 5.82 Å². The number of anilines is 4. The van der Waals surface area contributed by atoms with Crippen molar-refractivity contribution in [3.8, 4) is 5.82 Å². The molecule has 0 unspecified atom stereocenters. The molecule has 6 nitrogen and oxygen atoms in total. The Morgan fingerprint density at radius 2 is 1.39 bits per heavy atom. The largest absolute Gasteiger partial charge is 0.310 e. The van der Waals surface area contributed by atoms with Crippen LogP contribution in [-0.4, -0.2) is 21.6 Å². The van der Waals surface area contributed by atoms with Gasteiger partial charge in [-0.15, -0.1) is 5.53 Å². The van der Waals surface area contributed by atoms with E-state index in [4.69, 9.17) is 4.98 Å². The Morgan fingerprint density at radius 1 is 0.632 bits per heavy atom. The van der Waals surface area contributed by atoms with Gasteiger partial charge >= 0.3 is 0 Å². The van der Waals surface area contributed by atoms with Crippen LogP contribution in [0.25, 0.3) is 27.6 Å². The van der Waals surface area contributed by atoms with E-state index in [1.165, 1.54) is 10.8 Å². The molecule has 2 aromatic heterocycles. The van der Waals surface area contributed by atoms with Gasteiger partial charge in [0.25, 0.3) is 0 Å². The van der Waals surface area contributed by atoms with Crippen LogP contribution in [0.4, 0.5) is 22.7 Å². The number of nitrogens with zero attached hydrogens (tertiary/aromatic N) is 5. The van der Waals surface area contributed by atoms with Crippen LogP contribution in [0.2, 0.25) is 0 Å². The van der Waals surface area contributed by atoms with E-state index in [1.54, 1.807) is 0 Å². The normalized spacial score (nSPS) is 13.1. The van der Waals surface area contributed by atoms with Crippen molar-refractivity contribution in [2.24, 2.45) is 0 Å². The Bertz CT molecular complexity index is 1770. The summed E-state index contributed by atoms with van der Waals surface area (Å²) >= 11 is 0. The number of para-hydroxylation sites is 2. The molecule has 1 aliphatic rings. The molecule has 0 amide bonds. The summed E-state index contributed by atoms with van der Waals surface area (Å²) in [5.74, 6) is 0.903. The van der Waals surface area contributed by atoms with Crippen molar-refractivity contribution in [3.05, 3.63) is 134 Å². The van der Waals surface area contributed by atoms with Gasteiger partial charge in [0.15, 0.2) is 0 Å². The van der Waals surface area contributed by atoms with Gasteiger partial charge in [-0.1, -0.05) is 54.6 Å².